The lowest BCUT2D eigenvalue weighted by Gasteiger charge is -2.29. The van der Waals surface area contributed by atoms with Crippen molar-refractivity contribution in [3.63, 3.8) is 0 Å². The number of alkyl halides is 3. The van der Waals surface area contributed by atoms with Gasteiger partial charge in [-0.15, -0.1) is 13.2 Å². The number of aliphatic hydroxyl groups excluding tert-OH is 1. The summed E-state index contributed by atoms with van der Waals surface area (Å²) in [6, 6.07) is 5.87. The highest BCUT2D eigenvalue weighted by atomic mass is 19.4. The maximum atomic E-state index is 12.1. The maximum absolute atomic E-state index is 12.1. The summed E-state index contributed by atoms with van der Waals surface area (Å²) in [6.45, 7) is 0.0319. The molecular weight excluding hydrogens is 269 g/mol. The third kappa shape index (κ3) is 4.13. The Morgan fingerprint density at radius 1 is 1.10 bits per heavy atom. The Labute approximate surface area is 116 Å². The molecule has 0 aliphatic heterocycles. The fourth-order valence-corrected chi connectivity index (χ4v) is 2.98. The first-order chi connectivity index (χ1) is 9.49. The van der Waals surface area contributed by atoms with E-state index >= 15 is 0 Å². The van der Waals surface area contributed by atoms with Crippen LogP contribution < -0.4 is 4.74 Å². The third-order valence-corrected chi connectivity index (χ3v) is 3.96. The number of ether oxygens (including phenoxy) is 1. The van der Waals surface area contributed by atoms with Crippen LogP contribution in [0.25, 0.3) is 0 Å². The Kier molecular flexibility index (Phi) is 4.91. The van der Waals surface area contributed by atoms with Gasteiger partial charge in [0.25, 0.3) is 0 Å². The number of halogens is 3. The van der Waals surface area contributed by atoms with Crippen LogP contribution in [0, 0.1) is 5.92 Å². The monoisotopic (exact) mass is 288 g/mol. The van der Waals surface area contributed by atoms with Crippen LogP contribution in [-0.2, 0) is 0 Å². The number of hydrogen-bond acceptors (Lipinski definition) is 2. The van der Waals surface area contributed by atoms with E-state index in [1.54, 1.807) is 12.1 Å². The summed E-state index contributed by atoms with van der Waals surface area (Å²) in [5.41, 5.74) is 0.883. The topological polar surface area (TPSA) is 29.5 Å². The minimum Gasteiger partial charge on any atom is -0.406 e. The first-order valence-electron chi connectivity index (χ1n) is 6.96. The average Bonchev–Trinajstić information content (AvgIpc) is 2.41. The lowest BCUT2D eigenvalue weighted by atomic mass is 9.77. The van der Waals surface area contributed by atoms with Crippen LogP contribution in [0.2, 0.25) is 0 Å². The molecule has 1 N–H and O–H groups in total. The van der Waals surface area contributed by atoms with Crippen molar-refractivity contribution in [1.82, 2.24) is 0 Å². The zero-order valence-corrected chi connectivity index (χ0v) is 11.2. The molecule has 2 nitrogen and oxygen atoms in total. The number of rotatable bonds is 4. The van der Waals surface area contributed by atoms with Crippen LogP contribution in [0.15, 0.2) is 24.3 Å². The minimum absolute atomic E-state index is 0.00948. The van der Waals surface area contributed by atoms with E-state index in [0.717, 1.165) is 31.2 Å². The quantitative estimate of drug-likeness (QED) is 0.898. The van der Waals surface area contributed by atoms with E-state index in [9.17, 15) is 18.3 Å². The molecule has 0 radical (unpaired) electrons. The summed E-state index contributed by atoms with van der Waals surface area (Å²) in [7, 11) is 0. The normalized spacial score (nSPS) is 18.8. The molecule has 20 heavy (non-hydrogen) atoms. The van der Waals surface area contributed by atoms with Gasteiger partial charge in [0.15, 0.2) is 0 Å². The molecule has 1 aliphatic carbocycles. The second-order valence-corrected chi connectivity index (χ2v) is 5.30. The van der Waals surface area contributed by atoms with E-state index in [0.29, 0.717) is 5.92 Å². The lowest BCUT2D eigenvalue weighted by molar-refractivity contribution is -0.274. The third-order valence-electron chi connectivity index (χ3n) is 3.96. The summed E-state index contributed by atoms with van der Waals surface area (Å²) in [5, 5.41) is 9.58. The van der Waals surface area contributed by atoms with Crippen LogP contribution in [0.3, 0.4) is 0 Å². The molecule has 2 rings (SSSR count). The maximum Gasteiger partial charge on any atom is 0.573 e. The molecule has 0 aromatic heterocycles. The van der Waals surface area contributed by atoms with Gasteiger partial charge >= 0.3 is 6.36 Å². The van der Waals surface area contributed by atoms with E-state index in [4.69, 9.17) is 0 Å². The van der Waals surface area contributed by atoms with Crippen molar-refractivity contribution in [2.45, 2.75) is 44.4 Å². The molecule has 1 saturated carbocycles. The van der Waals surface area contributed by atoms with E-state index in [1.807, 2.05) is 0 Å². The van der Waals surface area contributed by atoms with Crippen molar-refractivity contribution in [2.24, 2.45) is 5.92 Å². The zero-order valence-electron chi connectivity index (χ0n) is 11.2. The summed E-state index contributed by atoms with van der Waals surface area (Å²) < 4.78 is 40.1. The largest absolute Gasteiger partial charge is 0.573 e. The molecule has 5 heteroatoms. The van der Waals surface area contributed by atoms with Gasteiger partial charge in [-0.1, -0.05) is 31.4 Å². The molecule has 1 aliphatic rings. The molecular formula is C15H19F3O2. The Morgan fingerprint density at radius 3 is 2.20 bits per heavy atom. The first kappa shape index (κ1) is 15.2. The average molecular weight is 288 g/mol. The van der Waals surface area contributed by atoms with Gasteiger partial charge in [0.1, 0.15) is 5.75 Å². The highest BCUT2D eigenvalue weighted by Crippen LogP contribution is 2.36. The molecule has 1 atom stereocenters. The Morgan fingerprint density at radius 2 is 1.70 bits per heavy atom. The van der Waals surface area contributed by atoms with Crippen molar-refractivity contribution >= 4 is 0 Å². The molecule has 0 heterocycles. The molecule has 1 aromatic carbocycles. The van der Waals surface area contributed by atoms with Gasteiger partial charge < -0.3 is 9.84 Å². The smallest absolute Gasteiger partial charge is 0.406 e. The summed E-state index contributed by atoms with van der Waals surface area (Å²) >= 11 is 0. The van der Waals surface area contributed by atoms with E-state index in [-0.39, 0.29) is 18.3 Å². The molecule has 0 unspecified atom stereocenters. The number of benzene rings is 1. The van der Waals surface area contributed by atoms with Gasteiger partial charge in [-0.2, -0.15) is 0 Å². The van der Waals surface area contributed by atoms with Crippen LogP contribution in [0.1, 0.15) is 43.6 Å². The standard InChI is InChI=1S/C15H19F3O2/c16-15(17,18)20-13-8-6-12(7-9-13)14(10-19)11-4-2-1-3-5-11/h6-9,11,14,19H,1-5,10H2/t14-/m0/s1. The van der Waals surface area contributed by atoms with Gasteiger partial charge in [-0.25, -0.2) is 0 Å². The second-order valence-electron chi connectivity index (χ2n) is 5.30. The van der Waals surface area contributed by atoms with Crippen LogP contribution in [0.5, 0.6) is 5.75 Å². The molecule has 0 saturated heterocycles. The molecule has 0 spiro atoms. The van der Waals surface area contributed by atoms with Crippen molar-refractivity contribution < 1.29 is 23.0 Å². The molecule has 1 aromatic rings. The fourth-order valence-electron chi connectivity index (χ4n) is 2.98. The second kappa shape index (κ2) is 6.48. The van der Waals surface area contributed by atoms with Gasteiger partial charge in [0.05, 0.1) is 6.61 Å². The Balaban J connectivity index is 2.06. The molecule has 0 bridgehead atoms. The molecule has 0 amide bonds. The van der Waals surface area contributed by atoms with Crippen molar-refractivity contribution in [1.29, 1.82) is 0 Å². The highest BCUT2D eigenvalue weighted by Gasteiger charge is 2.31. The van der Waals surface area contributed by atoms with Crippen molar-refractivity contribution in [3.05, 3.63) is 29.8 Å². The highest BCUT2D eigenvalue weighted by molar-refractivity contribution is 5.30. The van der Waals surface area contributed by atoms with E-state index in [2.05, 4.69) is 4.74 Å². The van der Waals surface area contributed by atoms with Crippen LogP contribution in [0.4, 0.5) is 13.2 Å². The molecule has 112 valence electrons. The van der Waals surface area contributed by atoms with Gasteiger partial charge in [-0.05, 0) is 36.5 Å². The molecule has 1 fully saturated rings. The van der Waals surface area contributed by atoms with Gasteiger partial charge in [0, 0.05) is 5.92 Å². The predicted molar refractivity (Wildman–Crippen MR) is 69.5 cm³/mol. The Bertz CT molecular complexity index is 408. The summed E-state index contributed by atoms with van der Waals surface area (Å²) in [6.07, 6.45) is 1.04. The number of aliphatic hydroxyl groups is 1. The van der Waals surface area contributed by atoms with E-state index < -0.39 is 6.36 Å². The minimum atomic E-state index is -4.67. The number of hydrogen-bond donors (Lipinski definition) is 1. The van der Waals surface area contributed by atoms with E-state index in [1.165, 1.54) is 18.6 Å². The van der Waals surface area contributed by atoms with Crippen LogP contribution in [-0.4, -0.2) is 18.1 Å². The summed E-state index contributed by atoms with van der Waals surface area (Å²) in [4.78, 5) is 0. The zero-order chi connectivity index (χ0) is 14.6. The fraction of sp³-hybridized carbons (Fsp3) is 0.600. The predicted octanol–water partition coefficient (Wildman–Crippen LogP) is 4.24. The SMILES string of the molecule is OC[C@H](c1ccc(OC(F)(F)F)cc1)C1CCCCC1. The van der Waals surface area contributed by atoms with Crippen LogP contribution >= 0.6 is 0 Å². The van der Waals surface area contributed by atoms with Crippen molar-refractivity contribution in [3.8, 4) is 5.75 Å². The Hall–Kier alpha value is -1.23. The summed E-state index contributed by atoms with van der Waals surface area (Å²) in [5.74, 6) is 0.208. The van der Waals surface area contributed by atoms with Gasteiger partial charge in [-0.3, -0.25) is 0 Å². The van der Waals surface area contributed by atoms with Crippen molar-refractivity contribution in [2.75, 3.05) is 6.61 Å². The van der Waals surface area contributed by atoms with Gasteiger partial charge in [0.2, 0.25) is 0 Å². The first-order valence-corrected chi connectivity index (χ1v) is 6.96. The lowest BCUT2D eigenvalue weighted by Crippen LogP contribution is -2.20.